The van der Waals surface area contributed by atoms with Gasteiger partial charge in [0.25, 0.3) is 0 Å². The van der Waals surface area contributed by atoms with E-state index in [-0.39, 0.29) is 5.75 Å². The lowest BCUT2D eigenvalue weighted by molar-refractivity contribution is -0.131. The Morgan fingerprint density at radius 3 is 2.29 bits per heavy atom. The monoisotopic (exact) mass is 204 g/mol. The van der Waals surface area contributed by atoms with Gasteiger partial charge >= 0.3 is 5.97 Å². The maximum absolute atomic E-state index is 10.9. The summed E-state index contributed by atoms with van der Waals surface area (Å²) in [4.78, 5) is 10.9. The molecule has 0 fully saturated rings. The predicted octanol–water partition coefficient (Wildman–Crippen LogP) is 1.81. The van der Waals surface area contributed by atoms with Gasteiger partial charge < -0.3 is 4.74 Å². The Labute approximate surface area is 97.1 Å². The number of benzene rings is 1. The van der Waals surface area contributed by atoms with Crippen LogP contribution in [0, 0.1) is 0 Å². The van der Waals surface area contributed by atoms with Gasteiger partial charge in [-0.1, -0.05) is 0 Å². The van der Waals surface area contributed by atoms with Crippen molar-refractivity contribution < 1.29 is 21.9 Å². The normalized spacial score (nSPS) is 23.4. The Hall–Kier alpha value is -1.35. The Balaban J connectivity index is 3.62. The van der Waals surface area contributed by atoms with Gasteiger partial charge in [-0.25, -0.2) is 0 Å². The summed E-state index contributed by atoms with van der Waals surface area (Å²) in [6.45, 7) is -8.97. The lowest BCUT2D eigenvalue weighted by Crippen LogP contribution is -2.34. The fraction of sp³-hybridized carbons (Fsp3) is 0.364. The minimum absolute atomic E-state index is 0.0426. The molecule has 1 aromatic carbocycles. The van der Waals surface area contributed by atoms with E-state index >= 15 is 0 Å². The summed E-state index contributed by atoms with van der Waals surface area (Å²) in [6, 6.07) is 4.33. The second kappa shape index (κ2) is 3.80. The molecule has 0 saturated heterocycles. The van der Waals surface area contributed by atoms with Crippen molar-refractivity contribution >= 4 is 11.7 Å². The molecule has 0 spiro atoms. The smallest absolute Gasteiger partial charge is 0.308 e. The van der Waals surface area contributed by atoms with Crippen LogP contribution in [0.15, 0.2) is 24.3 Å². The first kappa shape index (κ1) is 3.66. The van der Waals surface area contributed by atoms with Crippen LogP contribution in [0.1, 0.15) is 19.3 Å². The van der Waals surface area contributed by atoms with Crippen molar-refractivity contribution in [3.05, 3.63) is 24.3 Å². The molecule has 0 saturated carbocycles. The highest BCUT2D eigenvalue weighted by molar-refractivity contribution is 5.69. The molecule has 0 aliphatic rings. The van der Waals surface area contributed by atoms with E-state index in [1.54, 1.807) is 0 Å². The predicted molar refractivity (Wildman–Crippen MR) is 57.3 cm³/mol. The molecular weight excluding hydrogens is 179 g/mol. The van der Waals surface area contributed by atoms with Crippen molar-refractivity contribution in [2.45, 2.75) is 6.92 Å². The van der Waals surface area contributed by atoms with Gasteiger partial charge in [0.1, 0.15) is 11.4 Å². The third-order valence-electron chi connectivity index (χ3n) is 1.49. The molecule has 0 aromatic heterocycles. The first-order valence-electron chi connectivity index (χ1n) is 8.33. The maximum atomic E-state index is 10.9. The van der Waals surface area contributed by atoms with Crippen LogP contribution in [-0.4, -0.2) is 26.9 Å². The Bertz CT molecular complexity index is 535. The summed E-state index contributed by atoms with van der Waals surface area (Å²) >= 11 is 0. The number of nitrogens with zero attached hydrogens (tertiary/aromatic N) is 1. The average molecular weight is 204 g/mol. The van der Waals surface area contributed by atoms with Gasteiger partial charge in [-0.15, -0.1) is 0 Å². The molecule has 76 valence electrons. The maximum Gasteiger partial charge on any atom is 0.308 e. The topological polar surface area (TPSA) is 26.3 Å². The Morgan fingerprint density at radius 1 is 1.29 bits per heavy atom. The number of hydrogen-bond acceptors (Lipinski definition) is 2. The van der Waals surface area contributed by atoms with Crippen molar-refractivity contribution in [2.24, 2.45) is 0 Å². The van der Waals surface area contributed by atoms with E-state index in [1.165, 1.54) is 0 Å². The van der Waals surface area contributed by atoms with Gasteiger partial charge in [0, 0.05) is 19.1 Å². The summed E-state index contributed by atoms with van der Waals surface area (Å²) < 4.78 is 70.6. The van der Waals surface area contributed by atoms with Gasteiger partial charge in [0.2, 0.25) is 0 Å². The molecule has 0 N–H and O–H groups in total. The molecule has 0 bridgehead atoms. The number of rotatable bonds is 2. The molecular formula is C11H16NO2+. The molecule has 3 nitrogen and oxygen atoms in total. The first-order chi connectivity index (χ1) is 10.1. The van der Waals surface area contributed by atoms with Gasteiger partial charge in [-0.3, -0.25) is 9.28 Å². The number of carbonyl (C=O) groups is 1. The fourth-order valence-electron chi connectivity index (χ4n) is 0.904. The zero-order chi connectivity index (χ0) is 18.3. The Morgan fingerprint density at radius 2 is 1.86 bits per heavy atom. The lowest BCUT2D eigenvalue weighted by atomic mass is 10.3. The average Bonchev–Trinajstić information content (AvgIpc) is 2.25. The minimum atomic E-state index is -3.38. The number of hydrogen-bond donors (Lipinski definition) is 0. The molecule has 0 atom stereocenters. The van der Waals surface area contributed by atoms with Gasteiger partial charge in [-0.05, 0) is 12.1 Å². The van der Waals surface area contributed by atoms with E-state index in [0.29, 0.717) is 0 Å². The summed E-state index contributed by atoms with van der Waals surface area (Å²) in [7, 11) is 0. The van der Waals surface area contributed by atoms with Crippen LogP contribution in [0.5, 0.6) is 5.75 Å². The molecule has 0 aliphatic heterocycles. The van der Waals surface area contributed by atoms with Gasteiger partial charge in [-0.2, -0.15) is 0 Å². The van der Waals surface area contributed by atoms with Crippen LogP contribution >= 0.6 is 0 Å². The summed E-state index contributed by atoms with van der Waals surface area (Å²) in [5, 5.41) is 0. The van der Waals surface area contributed by atoms with Crippen LogP contribution in [-0.2, 0) is 4.79 Å². The van der Waals surface area contributed by atoms with E-state index in [1.807, 2.05) is 0 Å². The highest BCUT2D eigenvalue weighted by Gasteiger charge is 2.11. The molecule has 0 radical (unpaired) electrons. The van der Waals surface area contributed by atoms with Crippen LogP contribution in [0.2, 0.25) is 0 Å². The molecule has 1 aromatic rings. The van der Waals surface area contributed by atoms with Crippen molar-refractivity contribution in [1.29, 1.82) is 0 Å². The second-order valence-corrected chi connectivity index (χ2v) is 2.76. The van der Waals surface area contributed by atoms with Gasteiger partial charge in [0.15, 0.2) is 0 Å². The van der Waals surface area contributed by atoms with Gasteiger partial charge in [0.05, 0.1) is 33.3 Å². The van der Waals surface area contributed by atoms with Crippen molar-refractivity contribution in [2.75, 3.05) is 20.9 Å². The number of carbonyl (C=O) groups excluding carboxylic acids is 1. The second-order valence-electron chi connectivity index (χ2n) is 2.76. The minimum Gasteiger partial charge on any atom is -0.427 e. The molecule has 14 heavy (non-hydrogen) atoms. The zero-order valence-corrected chi connectivity index (χ0v) is 7.57. The summed E-state index contributed by atoms with van der Waals surface area (Å²) in [6.07, 6.45) is 0. The third-order valence-corrected chi connectivity index (χ3v) is 1.49. The van der Waals surface area contributed by atoms with Crippen molar-refractivity contribution in [1.82, 2.24) is 4.48 Å². The van der Waals surface area contributed by atoms with Crippen molar-refractivity contribution in [3.63, 3.8) is 0 Å². The first-order valence-corrected chi connectivity index (χ1v) is 3.83. The number of ether oxygens (including phenoxy) is 1. The molecule has 0 unspecified atom stereocenters. The largest absolute Gasteiger partial charge is 0.427 e. The van der Waals surface area contributed by atoms with E-state index in [9.17, 15) is 4.79 Å². The Kier molecular flexibility index (Phi) is 0.994. The van der Waals surface area contributed by atoms with Crippen molar-refractivity contribution in [3.8, 4) is 5.75 Å². The van der Waals surface area contributed by atoms with Crippen LogP contribution in [0.25, 0.3) is 0 Å². The van der Waals surface area contributed by atoms with E-state index < -0.39 is 37.1 Å². The van der Waals surface area contributed by atoms with E-state index in [0.717, 1.165) is 31.2 Å². The molecule has 0 amide bonds. The van der Waals surface area contributed by atoms with Crippen LogP contribution < -0.4 is 9.22 Å². The molecule has 0 heterocycles. The fourth-order valence-corrected chi connectivity index (χ4v) is 0.904. The highest BCUT2D eigenvalue weighted by Crippen LogP contribution is 2.20. The lowest BCUT2D eigenvalue weighted by Gasteiger charge is -2.23. The highest BCUT2D eigenvalue weighted by atomic mass is 16.5. The third kappa shape index (κ3) is 2.85. The van der Waals surface area contributed by atoms with E-state index in [2.05, 4.69) is 0 Å². The van der Waals surface area contributed by atoms with E-state index in [4.69, 9.17) is 17.1 Å². The zero-order valence-electron chi connectivity index (χ0n) is 16.6. The van der Waals surface area contributed by atoms with Crippen LogP contribution in [0.3, 0.4) is 0 Å². The molecule has 3 heteroatoms. The molecule has 0 aliphatic carbocycles. The summed E-state index contributed by atoms with van der Waals surface area (Å²) in [5.41, 5.74) is -0.457. The summed E-state index contributed by atoms with van der Waals surface area (Å²) in [5.74, 6) is -0.582. The SMILES string of the molecule is [2H]C([2H])([2H])[15N+](c1ccc(OC(C)=O)cc1)(C([2H])([2H])[2H])C([2H])([2H])[2H]. The molecule has 1 rings (SSSR count). The number of esters is 1. The quantitative estimate of drug-likeness (QED) is 0.318. The van der Waals surface area contributed by atoms with Crippen LogP contribution in [0.4, 0.5) is 5.69 Å². The standard InChI is InChI=1S/C11H16NO2/c1-9(13)14-11-7-5-10(6-8-11)12(2,3)4/h5-8H,1-4H3/q+1/i2D3,3D3,4D3,12+1. The number of quaternary nitrogens is 1.